The molecule has 3 nitrogen and oxygen atoms in total. The number of hydrogen-bond donors (Lipinski definition) is 0. The first kappa shape index (κ1) is 16.0. The Hall–Kier alpha value is -1.42. The number of benzene rings is 1. The first-order valence-electron chi connectivity index (χ1n) is 7.56. The van der Waals surface area contributed by atoms with Crippen LogP contribution in [-0.4, -0.2) is 19.5 Å². The van der Waals surface area contributed by atoms with E-state index in [0.717, 1.165) is 25.7 Å². The van der Waals surface area contributed by atoms with Gasteiger partial charge in [0.15, 0.2) is 15.6 Å². The number of unbranched alkanes of at least 4 members (excludes halogenated alkanes) is 2. The van der Waals surface area contributed by atoms with E-state index in [1.165, 1.54) is 6.08 Å². The average molecular weight is 306 g/mol. The smallest absolute Gasteiger partial charge is 0.188 e. The zero-order valence-electron chi connectivity index (χ0n) is 12.4. The van der Waals surface area contributed by atoms with Crippen molar-refractivity contribution in [2.45, 2.75) is 49.2 Å². The highest BCUT2D eigenvalue weighted by Crippen LogP contribution is 2.31. The Kier molecular flexibility index (Phi) is 5.34. The Morgan fingerprint density at radius 1 is 1.14 bits per heavy atom. The molecule has 4 heteroatoms. The zero-order chi connectivity index (χ0) is 15.3. The van der Waals surface area contributed by atoms with Crippen molar-refractivity contribution in [1.29, 1.82) is 0 Å². The van der Waals surface area contributed by atoms with Gasteiger partial charge in [-0.25, -0.2) is 8.42 Å². The minimum Gasteiger partial charge on any atom is -0.293 e. The monoisotopic (exact) mass is 306 g/mol. The summed E-state index contributed by atoms with van der Waals surface area (Å²) in [5, 5.41) is -0.915. The number of rotatable bonds is 6. The molecule has 1 aliphatic rings. The van der Waals surface area contributed by atoms with Crippen molar-refractivity contribution in [3.8, 4) is 0 Å². The van der Waals surface area contributed by atoms with Gasteiger partial charge in [-0.1, -0.05) is 50.5 Å². The number of ketones is 1. The molecule has 0 heterocycles. The van der Waals surface area contributed by atoms with E-state index in [4.69, 9.17) is 0 Å². The fraction of sp³-hybridized carbons (Fsp3) is 0.471. The van der Waals surface area contributed by atoms with Crippen LogP contribution in [0.4, 0.5) is 0 Å². The summed E-state index contributed by atoms with van der Waals surface area (Å²) in [6.45, 7) is 2.12. The van der Waals surface area contributed by atoms with E-state index in [9.17, 15) is 13.2 Å². The molecule has 0 fully saturated rings. The van der Waals surface area contributed by atoms with Crippen LogP contribution in [0, 0.1) is 5.92 Å². The fourth-order valence-electron chi connectivity index (χ4n) is 2.90. The molecule has 0 unspecified atom stereocenters. The summed E-state index contributed by atoms with van der Waals surface area (Å²) >= 11 is 0. The van der Waals surface area contributed by atoms with E-state index in [1.54, 1.807) is 30.3 Å². The second-order valence-electron chi connectivity index (χ2n) is 5.57. The second-order valence-corrected chi connectivity index (χ2v) is 7.64. The summed E-state index contributed by atoms with van der Waals surface area (Å²) in [7, 11) is -3.60. The van der Waals surface area contributed by atoms with Crippen molar-refractivity contribution >= 4 is 15.6 Å². The fourth-order valence-corrected chi connectivity index (χ4v) is 4.87. The van der Waals surface area contributed by atoms with Crippen LogP contribution < -0.4 is 0 Å². The van der Waals surface area contributed by atoms with Gasteiger partial charge in [-0.3, -0.25) is 4.79 Å². The van der Waals surface area contributed by atoms with E-state index in [-0.39, 0.29) is 16.6 Å². The van der Waals surface area contributed by atoms with Crippen LogP contribution in [0.5, 0.6) is 0 Å². The molecule has 114 valence electrons. The van der Waals surface area contributed by atoms with Gasteiger partial charge in [0.25, 0.3) is 0 Å². The third kappa shape index (κ3) is 3.62. The van der Waals surface area contributed by atoms with Gasteiger partial charge in [0.2, 0.25) is 0 Å². The minimum absolute atomic E-state index is 0.0979. The predicted molar refractivity (Wildman–Crippen MR) is 83.8 cm³/mol. The summed E-state index contributed by atoms with van der Waals surface area (Å²) in [6.07, 6.45) is 7.85. The van der Waals surface area contributed by atoms with Crippen LogP contribution >= 0.6 is 0 Å². The van der Waals surface area contributed by atoms with Crippen LogP contribution in [-0.2, 0) is 14.6 Å². The number of carbonyl (C=O) groups is 1. The largest absolute Gasteiger partial charge is 0.293 e. The quantitative estimate of drug-likeness (QED) is 0.755. The lowest BCUT2D eigenvalue weighted by Gasteiger charge is -2.27. The van der Waals surface area contributed by atoms with Crippen LogP contribution in [0.15, 0.2) is 47.4 Å². The van der Waals surface area contributed by atoms with E-state index in [0.29, 0.717) is 6.42 Å². The summed E-state index contributed by atoms with van der Waals surface area (Å²) in [6, 6.07) is 8.32. The molecule has 21 heavy (non-hydrogen) atoms. The maximum Gasteiger partial charge on any atom is 0.188 e. The van der Waals surface area contributed by atoms with E-state index >= 15 is 0 Å². The van der Waals surface area contributed by atoms with Crippen LogP contribution in [0.3, 0.4) is 0 Å². The number of carbonyl (C=O) groups excluding carboxylic acids is 1. The molecule has 0 saturated carbocycles. The first-order valence-corrected chi connectivity index (χ1v) is 9.11. The molecule has 0 bridgehead atoms. The molecule has 1 aromatic carbocycles. The molecule has 0 aliphatic heterocycles. The molecular formula is C17H22O3S. The summed E-state index contributed by atoms with van der Waals surface area (Å²) in [5.74, 6) is -0.370. The Morgan fingerprint density at radius 3 is 2.52 bits per heavy atom. The first-order chi connectivity index (χ1) is 10.1. The average Bonchev–Trinajstić information content (AvgIpc) is 2.48. The third-order valence-electron chi connectivity index (χ3n) is 4.01. The molecule has 1 aliphatic carbocycles. The molecule has 2 atom stereocenters. The summed E-state index contributed by atoms with van der Waals surface area (Å²) in [4.78, 5) is 12.4. The molecule has 0 radical (unpaired) electrons. The highest BCUT2D eigenvalue weighted by molar-refractivity contribution is 7.92. The van der Waals surface area contributed by atoms with Gasteiger partial charge in [0, 0.05) is 0 Å². The van der Waals surface area contributed by atoms with Crippen molar-refractivity contribution in [3.63, 3.8) is 0 Å². The van der Waals surface area contributed by atoms with Crippen molar-refractivity contribution < 1.29 is 13.2 Å². The van der Waals surface area contributed by atoms with Crippen LogP contribution in [0.2, 0.25) is 0 Å². The minimum atomic E-state index is -3.60. The molecule has 0 spiro atoms. The Bertz CT molecular complexity index is 602. The molecular weight excluding hydrogens is 284 g/mol. The van der Waals surface area contributed by atoms with E-state index in [2.05, 4.69) is 6.92 Å². The summed E-state index contributed by atoms with van der Waals surface area (Å²) < 4.78 is 25.6. The van der Waals surface area contributed by atoms with Gasteiger partial charge in [0.1, 0.15) is 5.25 Å². The third-order valence-corrected chi connectivity index (χ3v) is 6.23. The topological polar surface area (TPSA) is 51.2 Å². The van der Waals surface area contributed by atoms with E-state index < -0.39 is 15.1 Å². The van der Waals surface area contributed by atoms with Gasteiger partial charge in [0.05, 0.1) is 4.90 Å². The van der Waals surface area contributed by atoms with Crippen molar-refractivity contribution in [1.82, 2.24) is 0 Å². The SMILES string of the molecule is CCCCC[C@@H]1CC=CC(=O)[C@H]1S(=O)(=O)c1ccccc1. The number of sulfone groups is 1. The van der Waals surface area contributed by atoms with Gasteiger partial charge in [-0.2, -0.15) is 0 Å². The highest BCUT2D eigenvalue weighted by Gasteiger charge is 2.40. The lowest BCUT2D eigenvalue weighted by Crippen LogP contribution is -2.38. The predicted octanol–water partition coefficient (Wildman–Crippen LogP) is 3.55. The van der Waals surface area contributed by atoms with E-state index in [1.807, 2.05) is 6.08 Å². The molecule has 0 amide bonds. The van der Waals surface area contributed by atoms with Crippen LogP contribution in [0.1, 0.15) is 39.0 Å². The second kappa shape index (κ2) is 7.03. The Labute approximate surface area is 127 Å². The maximum absolute atomic E-state index is 12.8. The normalized spacial score (nSPS) is 22.4. The van der Waals surface area contributed by atoms with Crippen LogP contribution in [0.25, 0.3) is 0 Å². The van der Waals surface area contributed by atoms with Crippen molar-refractivity contribution in [2.75, 3.05) is 0 Å². The van der Waals surface area contributed by atoms with Crippen molar-refractivity contribution in [2.24, 2.45) is 5.92 Å². The number of hydrogen-bond acceptors (Lipinski definition) is 3. The molecule has 1 aromatic rings. The summed E-state index contributed by atoms with van der Waals surface area (Å²) in [5.41, 5.74) is 0. The molecule has 0 N–H and O–H groups in total. The standard InChI is InChI=1S/C17H22O3S/c1-2-3-5-9-14-10-8-13-16(18)17(14)21(19,20)15-11-6-4-7-12-15/h4,6-8,11-14,17H,2-3,5,9-10H2,1H3/t14-,17+/m1/s1. The van der Waals surface area contributed by atoms with Gasteiger partial charge in [-0.15, -0.1) is 0 Å². The number of allylic oxidation sites excluding steroid dienone is 2. The Balaban J connectivity index is 2.28. The maximum atomic E-state index is 12.8. The molecule has 0 saturated heterocycles. The Morgan fingerprint density at radius 2 is 1.86 bits per heavy atom. The lowest BCUT2D eigenvalue weighted by atomic mass is 9.88. The zero-order valence-corrected chi connectivity index (χ0v) is 13.2. The van der Waals surface area contributed by atoms with Gasteiger partial charge >= 0.3 is 0 Å². The van der Waals surface area contributed by atoms with Crippen molar-refractivity contribution in [3.05, 3.63) is 42.5 Å². The van der Waals surface area contributed by atoms with Gasteiger partial charge < -0.3 is 0 Å². The highest BCUT2D eigenvalue weighted by atomic mass is 32.2. The lowest BCUT2D eigenvalue weighted by molar-refractivity contribution is -0.115. The molecule has 2 rings (SSSR count). The molecule has 0 aromatic heterocycles. The van der Waals surface area contributed by atoms with Gasteiger partial charge in [-0.05, 0) is 37.0 Å².